The highest BCUT2D eigenvalue weighted by molar-refractivity contribution is 5.92. The molecule has 1 amide bonds. The fourth-order valence-corrected chi connectivity index (χ4v) is 4.23. The van der Waals surface area contributed by atoms with Crippen molar-refractivity contribution in [3.8, 4) is 28.7 Å². The number of benzene rings is 3. The van der Waals surface area contributed by atoms with E-state index < -0.39 is 17.2 Å². The molecule has 190 valence electrons. The second-order valence-corrected chi connectivity index (χ2v) is 8.48. The summed E-state index contributed by atoms with van der Waals surface area (Å²) >= 11 is 0. The van der Waals surface area contributed by atoms with Crippen molar-refractivity contribution in [2.45, 2.75) is 13.5 Å². The van der Waals surface area contributed by atoms with Gasteiger partial charge in [0.1, 0.15) is 19.8 Å². The van der Waals surface area contributed by atoms with Crippen LogP contribution in [-0.4, -0.2) is 42.5 Å². The number of nitrogens with one attached hydrogen (secondary N) is 1. The summed E-state index contributed by atoms with van der Waals surface area (Å²) in [5, 5.41) is 2.99. The molecule has 0 bridgehead atoms. The smallest absolute Gasteiger partial charge is 0.336 e. The molecule has 4 aromatic rings. The summed E-state index contributed by atoms with van der Waals surface area (Å²) in [6.45, 7) is 2.42. The first-order chi connectivity index (χ1) is 17.9. The second kappa shape index (κ2) is 9.73. The molecular formula is C27H25N3O7. The van der Waals surface area contributed by atoms with Crippen molar-refractivity contribution in [1.29, 1.82) is 0 Å². The van der Waals surface area contributed by atoms with Crippen molar-refractivity contribution < 1.29 is 23.7 Å². The zero-order chi connectivity index (χ0) is 26.1. The van der Waals surface area contributed by atoms with E-state index >= 15 is 0 Å². The number of hydrogen-bond donors (Lipinski definition) is 1. The molecule has 1 aromatic heterocycles. The van der Waals surface area contributed by atoms with Crippen LogP contribution in [0.3, 0.4) is 0 Å². The molecule has 0 saturated heterocycles. The van der Waals surface area contributed by atoms with Crippen LogP contribution in [0, 0.1) is 6.92 Å². The number of carbonyl (C=O) groups excluding carboxylic acids is 1. The van der Waals surface area contributed by atoms with Gasteiger partial charge in [0, 0.05) is 17.8 Å². The fraction of sp³-hybridized carbons (Fsp3) is 0.222. The SMILES string of the molecule is COc1cc2c(=O)n(-c3ccc(C)cc3)c(=O)n(CC(=O)Nc3ccc4c(c3)OCCO4)c2cc1OC. The van der Waals surface area contributed by atoms with E-state index in [2.05, 4.69) is 5.32 Å². The molecule has 0 fully saturated rings. The predicted octanol–water partition coefficient (Wildman–Crippen LogP) is 2.89. The topological polar surface area (TPSA) is 110 Å². The Morgan fingerprint density at radius 1 is 0.919 bits per heavy atom. The number of aryl methyl sites for hydroxylation is 1. The largest absolute Gasteiger partial charge is 0.493 e. The van der Waals surface area contributed by atoms with E-state index in [9.17, 15) is 14.4 Å². The van der Waals surface area contributed by atoms with Crippen LogP contribution >= 0.6 is 0 Å². The lowest BCUT2D eigenvalue weighted by Gasteiger charge is -2.19. The average molecular weight is 504 g/mol. The number of aromatic nitrogens is 2. The maximum absolute atomic E-state index is 13.7. The number of methoxy groups -OCH3 is 2. The normalized spacial score (nSPS) is 12.3. The highest BCUT2D eigenvalue weighted by atomic mass is 16.6. The Bertz CT molecular complexity index is 1620. The number of anilines is 1. The van der Waals surface area contributed by atoms with Crippen LogP contribution in [0.1, 0.15) is 5.56 Å². The van der Waals surface area contributed by atoms with Gasteiger partial charge in [-0.1, -0.05) is 17.7 Å². The van der Waals surface area contributed by atoms with Crippen molar-refractivity contribution in [2.24, 2.45) is 0 Å². The number of amides is 1. The molecule has 0 spiro atoms. The van der Waals surface area contributed by atoms with Crippen molar-refractivity contribution in [3.05, 3.63) is 81.0 Å². The first kappa shape index (κ1) is 24.0. The van der Waals surface area contributed by atoms with Crippen molar-refractivity contribution >= 4 is 22.5 Å². The van der Waals surface area contributed by atoms with Crippen LogP contribution < -0.4 is 35.5 Å². The molecule has 0 unspecified atom stereocenters. The highest BCUT2D eigenvalue weighted by Crippen LogP contribution is 2.33. The van der Waals surface area contributed by atoms with E-state index in [-0.39, 0.29) is 17.4 Å². The van der Waals surface area contributed by atoms with Gasteiger partial charge in [0.15, 0.2) is 23.0 Å². The lowest BCUT2D eigenvalue weighted by Crippen LogP contribution is -2.40. The van der Waals surface area contributed by atoms with Gasteiger partial charge in [-0.2, -0.15) is 0 Å². The number of ether oxygens (including phenoxy) is 4. The van der Waals surface area contributed by atoms with Crippen LogP contribution in [0.5, 0.6) is 23.0 Å². The first-order valence-corrected chi connectivity index (χ1v) is 11.6. The van der Waals surface area contributed by atoms with E-state index in [0.29, 0.717) is 47.6 Å². The minimum atomic E-state index is -0.661. The lowest BCUT2D eigenvalue weighted by atomic mass is 10.2. The number of carbonyl (C=O) groups is 1. The molecule has 37 heavy (non-hydrogen) atoms. The lowest BCUT2D eigenvalue weighted by molar-refractivity contribution is -0.116. The molecule has 10 nitrogen and oxygen atoms in total. The molecule has 0 saturated carbocycles. The minimum Gasteiger partial charge on any atom is -0.493 e. The van der Waals surface area contributed by atoms with Crippen LogP contribution in [0.15, 0.2) is 64.2 Å². The molecule has 2 heterocycles. The van der Waals surface area contributed by atoms with E-state index in [4.69, 9.17) is 18.9 Å². The van der Waals surface area contributed by atoms with E-state index in [1.165, 1.54) is 30.9 Å². The van der Waals surface area contributed by atoms with Gasteiger partial charge in [-0.15, -0.1) is 0 Å². The Balaban J connectivity index is 1.61. The van der Waals surface area contributed by atoms with Gasteiger partial charge in [-0.3, -0.25) is 14.2 Å². The van der Waals surface area contributed by atoms with Crippen LogP contribution in [0.2, 0.25) is 0 Å². The first-order valence-electron chi connectivity index (χ1n) is 11.6. The van der Waals surface area contributed by atoms with Gasteiger partial charge in [-0.25, -0.2) is 9.36 Å². The van der Waals surface area contributed by atoms with Gasteiger partial charge in [-0.05, 0) is 37.3 Å². The van der Waals surface area contributed by atoms with E-state index in [1.807, 2.05) is 6.92 Å². The number of nitrogens with zero attached hydrogens (tertiary/aromatic N) is 2. The summed E-state index contributed by atoms with van der Waals surface area (Å²) < 4.78 is 24.1. The van der Waals surface area contributed by atoms with Crippen molar-refractivity contribution in [2.75, 3.05) is 32.8 Å². The van der Waals surface area contributed by atoms with Gasteiger partial charge in [0.05, 0.1) is 30.8 Å². The molecule has 3 aromatic carbocycles. The quantitative estimate of drug-likeness (QED) is 0.431. The molecule has 5 rings (SSSR count). The summed E-state index contributed by atoms with van der Waals surface area (Å²) in [6, 6.07) is 15.1. The maximum atomic E-state index is 13.7. The fourth-order valence-electron chi connectivity index (χ4n) is 4.23. The molecule has 1 aliphatic heterocycles. The molecule has 0 atom stereocenters. The third-order valence-electron chi connectivity index (χ3n) is 6.07. The molecule has 0 aliphatic carbocycles. The van der Waals surface area contributed by atoms with Gasteiger partial charge >= 0.3 is 5.69 Å². The number of rotatable bonds is 6. The van der Waals surface area contributed by atoms with Crippen LogP contribution in [0.4, 0.5) is 5.69 Å². The summed E-state index contributed by atoms with van der Waals surface area (Å²) in [6.07, 6.45) is 0. The molecule has 10 heteroatoms. The van der Waals surface area contributed by atoms with Crippen molar-refractivity contribution in [3.63, 3.8) is 0 Å². The molecule has 1 aliphatic rings. The Kier molecular flexibility index (Phi) is 6.31. The van der Waals surface area contributed by atoms with Crippen molar-refractivity contribution in [1.82, 2.24) is 9.13 Å². The van der Waals surface area contributed by atoms with Gasteiger partial charge < -0.3 is 24.3 Å². The summed E-state index contributed by atoms with van der Waals surface area (Å²) in [7, 11) is 2.91. The summed E-state index contributed by atoms with van der Waals surface area (Å²) in [5.41, 5.74) is 0.895. The highest BCUT2D eigenvalue weighted by Gasteiger charge is 2.20. The molecular weight excluding hydrogens is 478 g/mol. The third kappa shape index (κ3) is 4.49. The van der Waals surface area contributed by atoms with Gasteiger partial charge in [0.2, 0.25) is 5.91 Å². The van der Waals surface area contributed by atoms with Gasteiger partial charge in [0.25, 0.3) is 5.56 Å². The molecule has 1 N–H and O–H groups in total. The zero-order valence-electron chi connectivity index (χ0n) is 20.6. The Morgan fingerprint density at radius 3 is 2.30 bits per heavy atom. The average Bonchev–Trinajstić information content (AvgIpc) is 2.91. The van der Waals surface area contributed by atoms with E-state index in [1.54, 1.807) is 42.5 Å². The Hall–Kier alpha value is -4.73. The monoisotopic (exact) mass is 503 g/mol. The second-order valence-electron chi connectivity index (χ2n) is 8.48. The number of hydrogen-bond acceptors (Lipinski definition) is 7. The minimum absolute atomic E-state index is 0.199. The standard InChI is InChI=1S/C27H25N3O7/c1-16-4-7-18(8-5-16)30-26(32)19-13-22(34-2)23(35-3)14-20(19)29(27(30)33)15-25(31)28-17-6-9-21-24(12-17)37-11-10-36-21/h4-9,12-14H,10-11,15H2,1-3H3,(H,28,31). The Morgan fingerprint density at radius 2 is 1.59 bits per heavy atom. The summed E-state index contributed by atoms with van der Waals surface area (Å²) in [5.74, 6) is 1.30. The van der Waals surface area contributed by atoms with E-state index in [0.717, 1.165) is 10.1 Å². The maximum Gasteiger partial charge on any atom is 0.336 e. The van der Waals surface area contributed by atoms with Crippen LogP contribution in [-0.2, 0) is 11.3 Å². The predicted molar refractivity (Wildman–Crippen MR) is 138 cm³/mol. The summed E-state index contributed by atoms with van der Waals surface area (Å²) in [4.78, 5) is 40.3. The van der Waals surface area contributed by atoms with Crippen LogP contribution in [0.25, 0.3) is 16.6 Å². The third-order valence-corrected chi connectivity index (χ3v) is 6.07. The molecule has 0 radical (unpaired) electrons. The zero-order valence-corrected chi connectivity index (χ0v) is 20.6. The Labute approximate surface area is 211 Å². The number of fused-ring (bicyclic) bond motifs is 2.